The van der Waals surface area contributed by atoms with Gasteiger partial charge in [-0.05, 0) is 48.2 Å². The average Bonchev–Trinajstić information content (AvgIpc) is 3.12. The van der Waals surface area contributed by atoms with E-state index in [9.17, 15) is 4.79 Å². The minimum atomic E-state index is 0.0513. The molecule has 0 saturated carbocycles. The summed E-state index contributed by atoms with van der Waals surface area (Å²) < 4.78 is 0. The molecular weight excluding hydrogens is 350 g/mol. The van der Waals surface area contributed by atoms with Crippen molar-refractivity contribution >= 4 is 29.3 Å². The normalized spacial score (nSPS) is 17.0. The molecule has 0 spiro atoms. The molecule has 1 heterocycles. The van der Waals surface area contributed by atoms with E-state index in [-0.39, 0.29) is 11.3 Å². The fourth-order valence-electron chi connectivity index (χ4n) is 3.17. The van der Waals surface area contributed by atoms with Gasteiger partial charge in [0.15, 0.2) is 0 Å². The van der Waals surface area contributed by atoms with Crippen molar-refractivity contribution < 1.29 is 4.79 Å². The van der Waals surface area contributed by atoms with Gasteiger partial charge in [0.2, 0.25) is 0 Å². The number of benzene rings is 2. The quantitative estimate of drug-likeness (QED) is 0.582. The van der Waals surface area contributed by atoms with Gasteiger partial charge in [-0.25, -0.2) is 0 Å². The fraction of sp³-hybridized carbons (Fsp3) is 0.381. The van der Waals surface area contributed by atoms with Crippen LogP contribution in [0, 0.1) is 0 Å². The number of thioether (sulfide) groups is 1. The molecule has 25 heavy (non-hydrogen) atoms. The molecule has 1 fully saturated rings. The topological polar surface area (TPSA) is 20.3 Å². The second-order valence-electron chi connectivity index (χ2n) is 6.43. The molecule has 0 aromatic heterocycles. The maximum absolute atomic E-state index is 13.0. The Labute approximate surface area is 159 Å². The van der Waals surface area contributed by atoms with Crippen molar-refractivity contribution in [3.05, 3.63) is 70.2 Å². The van der Waals surface area contributed by atoms with Crippen molar-refractivity contribution in [1.82, 2.24) is 4.90 Å². The standard InChI is InChI=1S/C21H24ClNOS/c1-2-3-4-6-16-9-11-17(12-10-16)20(24)23-13-14-25-21(23)18-7-5-8-19(22)15-18/h5,7-12,15,21H,2-4,6,13-14H2,1H3/t21-/m0/s1. The van der Waals surface area contributed by atoms with Crippen LogP contribution in [0.3, 0.4) is 0 Å². The third-order valence-corrected chi connectivity index (χ3v) is 6.05. The van der Waals surface area contributed by atoms with E-state index in [4.69, 9.17) is 11.6 Å². The molecule has 1 saturated heterocycles. The van der Waals surface area contributed by atoms with Gasteiger partial charge in [-0.2, -0.15) is 0 Å². The molecule has 2 nitrogen and oxygen atoms in total. The third-order valence-electron chi connectivity index (χ3n) is 4.56. The number of aryl methyl sites for hydroxylation is 1. The molecule has 0 N–H and O–H groups in total. The highest BCUT2D eigenvalue weighted by Crippen LogP contribution is 2.39. The fourth-order valence-corrected chi connectivity index (χ4v) is 4.62. The van der Waals surface area contributed by atoms with Crippen molar-refractivity contribution in [3.63, 3.8) is 0 Å². The molecule has 0 radical (unpaired) electrons. The highest BCUT2D eigenvalue weighted by molar-refractivity contribution is 7.99. The van der Waals surface area contributed by atoms with E-state index in [1.54, 1.807) is 11.8 Å². The number of nitrogens with zero attached hydrogens (tertiary/aromatic N) is 1. The zero-order valence-electron chi connectivity index (χ0n) is 14.6. The van der Waals surface area contributed by atoms with Crippen LogP contribution >= 0.6 is 23.4 Å². The summed E-state index contributed by atoms with van der Waals surface area (Å²) in [5.74, 6) is 1.06. The Morgan fingerprint density at radius 3 is 2.72 bits per heavy atom. The van der Waals surface area contributed by atoms with E-state index >= 15 is 0 Å². The first-order valence-electron chi connectivity index (χ1n) is 8.96. The monoisotopic (exact) mass is 373 g/mol. The third kappa shape index (κ3) is 4.59. The first-order chi connectivity index (χ1) is 12.2. The number of unbranched alkanes of at least 4 members (excludes halogenated alkanes) is 2. The second kappa shape index (κ2) is 8.77. The molecule has 3 rings (SSSR count). The summed E-state index contributed by atoms with van der Waals surface area (Å²) in [6.45, 7) is 2.99. The molecule has 2 aromatic rings. The molecular formula is C21H24ClNOS. The highest BCUT2D eigenvalue weighted by atomic mass is 35.5. The van der Waals surface area contributed by atoms with E-state index in [2.05, 4.69) is 19.1 Å². The molecule has 132 valence electrons. The molecule has 1 aliphatic rings. The van der Waals surface area contributed by atoms with Crippen molar-refractivity contribution in [2.24, 2.45) is 0 Å². The van der Waals surface area contributed by atoms with Crippen LogP contribution in [0.4, 0.5) is 0 Å². The number of hydrogen-bond acceptors (Lipinski definition) is 2. The van der Waals surface area contributed by atoms with E-state index in [0.717, 1.165) is 29.8 Å². The molecule has 1 atom stereocenters. The molecule has 0 aliphatic carbocycles. The van der Waals surface area contributed by atoms with Gasteiger partial charge in [0, 0.05) is 22.9 Å². The van der Waals surface area contributed by atoms with Crippen LogP contribution in [0.25, 0.3) is 0 Å². The van der Waals surface area contributed by atoms with E-state index < -0.39 is 0 Å². The van der Waals surface area contributed by atoms with Crippen LogP contribution in [0.15, 0.2) is 48.5 Å². The predicted molar refractivity (Wildman–Crippen MR) is 107 cm³/mol. The molecule has 2 aromatic carbocycles. The van der Waals surface area contributed by atoms with E-state index in [1.807, 2.05) is 41.3 Å². The molecule has 1 amide bonds. The zero-order chi connectivity index (χ0) is 17.6. The van der Waals surface area contributed by atoms with Crippen molar-refractivity contribution in [2.75, 3.05) is 12.3 Å². The van der Waals surface area contributed by atoms with Crippen LogP contribution in [0.5, 0.6) is 0 Å². The van der Waals surface area contributed by atoms with Crippen molar-refractivity contribution in [2.45, 2.75) is 38.0 Å². The second-order valence-corrected chi connectivity index (χ2v) is 8.06. The summed E-state index contributed by atoms with van der Waals surface area (Å²) in [5.41, 5.74) is 3.18. The lowest BCUT2D eigenvalue weighted by Gasteiger charge is -2.24. The number of carbonyl (C=O) groups excluding carboxylic acids is 1. The SMILES string of the molecule is CCCCCc1ccc(C(=O)N2CCS[C@H]2c2cccc(Cl)c2)cc1. The predicted octanol–water partition coefficient (Wildman–Crippen LogP) is 5.96. The molecule has 0 bridgehead atoms. The Kier molecular flexibility index (Phi) is 6.44. The van der Waals surface area contributed by atoms with Crippen LogP contribution in [0.1, 0.15) is 53.0 Å². The Morgan fingerprint density at radius 2 is 2.00 bits per heavy atom. The molecule has 1 aliphatic heterocycles. The number of carbonyl (C=O) groups is 1. The van der Waals surface area contributed by atoms with E-state index in [1.165, 1.54) is 24.8 Å². The summed E-state index contributed by atoms with van der Waals surface area (Å²) >= 11 is 7.92. The summed E-state index contributed by atoms with van der Waals surface area (Å²) in [6.07, 6.45) is 4.79. The van der Waals surface area contributed by atoms with Gasteiger partial charge in [-0.1, -0.05) is 55.6 Å². The number of rotatable bonds is 6. The minimum Gasteiger partial charge on any atom is -0.322 e. The summed E-state index contributed by atoms with van der Waals surface area (Å²) in [6, 6.07) is 16.0. The average molecular weight is 374 g/mol. The van der Waals surface area contributed by atoms with Crippen LogP contribution in [0.2, 0.25) is 5.02 Å². The smallest absolute Gasteiger partial charge is 0.255 e. The Balaban J connectivity index is 1.71. The largest absolute Gasteiger partial charge is 0.322 e. The summed E-state index contributed by atoms with van der Waals surface area (Å²) in [4.78, 5) is 14.9. The van der Waals surface area contributed by atoms with Gasteiger partial charge in [0.1, 0.15) is 5.37 Å². The summed E-state index contributed by atoms with van der Waals surface area (Å²) in [5, 5.41) is 0.768. The zero-order valence-corrected chi connectivity index (χ0v) is 16.2. The Bertz CT molecular complexity index is 716. The van der Waals surface area contributed by atoms with Gasteiger partial charge in [0.05, 0.1) is 0 Å². The van der Waals surface area contributed by atoms with Crippen molar-refractivity contribution in [1.29, 1.82) is 0 Å². The molecule has 4 heteroatoms. The lowest BCUT2D eigenvalue weighted by molar-refractivity contribution is 0.0760. The Morgan fingerprint density at radius 1 is 1.20 bits per heavy atom. The highest BCUT2D eigenvalue weighted by Gasteiger charge is 2.31. The minimum absolute atomic E-state index is 0.0513. The maximum Gasteiger partial charge on any atom is 0.255 e. The summed E-state index contributed by atoms with van der Waals surface area (Å²) in [7, 11) is 0. The van der Waals surface area contributed by atoms with Crippen LogP contribution < -0.4 is 0 Å². The number of halogens is 1. The lowest BCUT2D eigenvalue weighted by atomic mass is 10.0. The number of amides is 1. The van der Waals surface area contributed by atoms with Gasteiger partial charge >= 0.3 is 0 Å². The maximum atomic E-state index is 13.0. The van der Waals surface area contributed by atoms with Gasteiger partial charge in [0.25, 0.3) is 5.91 Å². The van der Waals surface area contributed by atoms with Crippen LogP contribution in [-0.4, -0.2) is 23.1 Å². The lowest BCUT2D eigenvalue weighted by Crippen LogP contribution is -2.30. The first-order valence-corrected chi connectivity index (χ1v) is 10.4. The Hall–Kier alpha value is -1.45. The number of hydrogen-bond donors (Lipinski definition) is 0. The van der Waals surface area contributed by atoms with Crippen molar-refractivity contribution in [3.8, 4) is 0 Å². The van der Waals surface area contributed by atoms with Gasteiger partial charge < -0.3 is 4.90 Å². The first kappa shape index (κ1) is 18.3. The molecule has 0 unspecified atom stereocenters. The van der Waals surface area contributed by atoms with Gasteiger partial charge in [-0.15, -0.1) is 11.8 Å². The van der Waals surface area contributed by atoms with E-state index in [0.29, 0.717) is 5.02 Å². The van der Waals surface area contributed by atoms with Crippen LogP contribution in [-0.2, 0) is 6.42 Å². The van der Waals surface area contributed by atoms with Gasteiger partial charge in [-0.3, -0.25) is 4.79 Å².